The van der Waals surface area contributed by atoms with Gasteiger partial charge in [0.15, 0.2) is 0 Å². The summed E-state index contributed by atoms with van der Waals surface area (Å²) in [6.45, 7) is 19.2. The van der Waals surface area contributed by atoms with Gasteiger partial charge in [-0.1, -0.05) is 345 Å². The fourth-order valence-electron chi connectivity index (χ4n) is 20.4. The number of thiophene rings is 4. The molecule has 4 nitrogen and oxygen atoms in total. The molecule has 20 aromatic carbocycles. The molecule has 0 fully saturated rings. The molecule has 30 rings (SSSR count). The summed E-state index contributed by atoms with van der Waals surface area (Å²) in [6.07, 6.45) is 0. The first-order chi connectivity index (χ1) is 67.6. The molecular formula is C130H98O4S4. The first-order valence-corrected chi connectivity index (χ1v) is 50.3. The van der Waals surface area contributed by atoms with Gasteiger partial charge in [0.05, 0.1) is 5.41 Å². The Morgan fingerprint density at radius 3 is 1.18 bits per heavy atom. The predicted octanol–water partition coefficient (Wildman–Crippen LogP) is 39.4. The van der Waals surface area contributed by atoms with Crippen molar-refractivity contribution in [2.45, 2.75) is 67.7 Å². The van der Waals surface area contributed by atoms with E-state index < -0.39 is 0 Å². The molecule has 0 unspecified atom stereocenters. The molecule has 2 aliphatic rings. The highest BCUT2D eigenvalue weighted by molar-refractivity contribution is 7.27. The van der Waals surface area contributed by atoms with Gasteiger partial charge in [0.2, 0.25) is 0 Å². The Morgan fingerprint density at radius 2 is 0.522 bits per heavy atom. The zero-order valence-corrected chi connectivity index (χ0v) is 81.5. The second kappa shape index (κ2) is 37.6. The second-order valence-electron chi connectivity index (χ2n) is 36.0. The SMILES string of the molecule is Cc1ccc2c(c1)oc1ccccc12.Cc1ccc2c(c1)sc1ccccc12.Cc1ccc2oc3ccccc3c2c1.Cc1ccc2sc3ccccc3c2c1.Cc1cccc2c1-c1ccccc1C21c2ccccc2-c2ccccc21.Cc1cccc2c1oc1ccccc12.Cc1cccc2c1sc1ccccc12.Cc1cccc2oc3ccccc3c12.Cc1cccc2sc3ccccc3c12. The Labute approximate surface area is 817 Å². The molecule has 28 aromatic rings. The van der Waals surface area contributed by atoms with Crippen LogP contribution in [-0.2, 0) is 5.41 Å². The van der Waals surface area contributed by atoms with E-state index in [9.17, 15) is 0 Å². The van der Waals surface area contributed by atoms with Crippen molar-refractivity contribution in [1.82, 2.24) is 0 Å². The summed E-state index contributed by atoms with van der Waals surface area (Å²) < 4.78 is 34.1. The fourth-order valence-corrected chi connectivity index (χ4v) is 25.0. The van der Waals surface area contributed by atoms with Crippen molar-refractivity contribution in [3.63, 3.8) is 0 Å². The number of aryl methyl sites for hydroxylation is 9. The van der Waals surface area contributed by atoms with E-state index in [0.29, 0.717) is 0 Å². The predicted molar refractivity (Wildman–Crippen MR) is 598 cm³/mol. The Hall–Kier alpha value is -15.5. The summed E-state index contributed by atoms with van der Waals surface area (Å²) >= 11 is 7.51. The summed E-state index contributed by atoms with van der Waals surface area (Å²) in [5.41, 5.74) is 30.6. The summed E-state index contributed by atoms with van der Waals surface area (Å²) in [7, 11) is 0. The number of hydrogen-bond acceptors (Lipinski definition) is 8. The lowest BCUT2D eigenvalue weighted by molar-refractivity contribution is 0.665. The van der Waals surface area contributed by atoms with Gasteiger partial charge in [0.1, 0.15) is 44.7 Å². The van der Waals surface area contributed by atoms with Crippen molar-refractivity contribution in [3.05, 3.63) is 503 Å². The van der Waals surface area contributed by atoms with E-state index in [4.69, 9.17) is 17.7 Å². The van der Waals surface area contributed by atoms with Gasteiger partial charge in [0, 0.05) is 124 Å². The Kier molecular flexibility index (Phi) is 23.9. The molecule has 0 saturated heterocycles. The number of furan rings is 4. The van der Waals surface area contributed by atoms with E-state index in [0.717, 1.165) is 44.7 Å². The Morgan fingerprint density at radius 1 is 0.174 bits per heavy atom. The van der Waals surface area contributed by atoms with Gasteiger partial charge >= 0.3 is 0 Å². The Bertz CT molecular complexity index is 8910. The quantitative estimate of drug-likeness (QED) is 0.152. The van der Waals surface area contributed by atoms with Crippen molar-refractivity contribution < 1.29 is 17.7 Å². The van der Waals surface area contributed by atoms with Crippen LogP contribution < -0.4 is 0 Å². The molecule has 8 heteroatoms. The monoisotopic (exact) mass is 1850 g/mol. The van der Waals surface area contributed by atoms with Crippen LogP contribution in [0.5, 0.6) is 0 Å². The van der Waals surface area contributed by atoms with Crippen molar-refractivity contribution >= 4 is 214 Å². The van der Waals surface area contributed by atoms with Gasteiger partial charge in [-0.05, 0) is 243 Å². The minimum absolute atomic E-state index is 0.189. The van der Waals surface area contributed by atoms with Crippen molar-refractivity contribution in [1.29, 1.82) is 0 Å². The maximum atomic E-state index is 5.78. The number of fused-ring (bicyclic) bond motifs is 34. The molecule has 0 N–H and O–H groups in total. The third-order valence-corrected chi connectivity index (χ3v) is 31.5. The van der Waals surface area contributed by atoms with Gasteiger partial charge in [-0.15, -0.1) is 45.3 Å². The topological polar surface area (TPSA) is 52.6 Å². The van der Waals surface area contributed by atoms with Crippen molar-refractivity contribution in [2.75, 3.05) is 0 Å². The lowest BCUT2D eigenvalue weighted by atomic mass is 9.70. The molecule has 0 saturated carbocycles. The largest absolute Gasteiger partial charge is 0.456 e. The highest BCUT2D eigenvalue weighted by Gasteiger charge is 2.51. The van der Waals surface area contributed by atoms with E-state index in [-0.39, 0.29) is 5.41 Å². The molecule has 1 spiro atoms. The molecule has 138 heavy (non-hydrogen) atoms. The third-order valence-electron chi connectivity index (χ3n) is 26.8. The highest BCUT2D eigenvalue weighted by Crippen LogP contribution is 2.63. The molecule has 8 aromatic heterocycles. The van der Waals surface area contributed by atoms with Crippen LogP contribution in [0.25, 0.3) is 191 Å². The first-order valence-electron chi connectivity index (χ1n) is 47.0. The minimum Gasteiger partial charge on any atom is -0.456 e. The standard InChI is InChI=1S/C26H18.4C13H10O.4C13H10S/c1-17-9-8-16-24-25(17)20-12-4-7-15-23(20)26(24)21-13-5-2-10-18(21)19-11-3-6-14-22(19)26;1-9-5-4-7-11-10-6-2-3-8-12(10)14-13(9)11;1-9-5-4-8-12-13(9)10-6-2-3-7-11(10)14-12;1-9-6-7-13-11(8-9)10-4-2-3-5-12(10)14-13;1-9-6-7-11-10-4-2-3-5-12(10)14-13(11)8-9;1-9-5-4-7-11-10-6-2-3-8-12(10)14-13(9)11;1-9-5-4-8-12-13(9)10-6-2-3-7-11(10)14-12;1-9-6-7-13-11(8-9)10-4-2-3-5-12(10)14-13;1-9-6-7-11-10-4-2-3-5-12(10)14-13(11)8-9/h2-16H,1H3;8*2-8H,1H3. The molecule has 0 atom stereocenters. The van der Waals surface area contributed by atoms with Crippen LogP contribution in [0.15, 0.2) is 448 Å². The normalized spacial score (nSPS) is 11.9. The molecule has 0 bridgehead atoms. The van der Waals surface area contributed by atoms with E-state index >= 15 is 0 Å². The maximum Gasteiger partial charge on any atom is 0.138 e. The highest BCUT2D eigenvalue weighted by atomic mass is 32.1. The number of benzene rings is 20. The van der Waals surface area contributed by atoms with E-state index in [1.807, 2.05) is 136 Å². The lowest BCUT2D eigenvalue weighted by Crippen LogP contribution is -2.25. The molecule has 0 amide bonds. The van der Waals surface area contributed by atoms with Gasteiger partial charge in [-0.3, -0.25) is 0 Å². The van der Waals surface area contributed by atoms with E-state index in [1.54, 1.807) is 0 Å². The molecule has 2 aliphatic carbocycles. The fraction of sp³-hybridized carbons (Fsp3) is 0.0769. The molecule has 8 heterocycles. The molecule has 0 aliphatic heterocycles. The zero-order chi connectivity index (χ0) is 93.7. The first kappa shape index (κ1) is 87.8. The maximum absolute atomic E-state index is 5.78. The number of para-hydroxylation sites is 5. The van der Waals surface area contributed by atoms with Gasteiger partial charge in [-0.2, -0.15) is 0 Å². The van der Waals surface area contributed by atoms with Crippen LogP contribution in [0.1, 0.15) is 72.3 Å². The number of hydrogen-bond donors (Lipinski definition) is 0. The van der Waals surface area contributed by atoms with Crippen LogP contribution in [0.2, 0.25) is 0 Å². The van der Waals surface area contributed by atoms with Gasteiger partial charge < -0.3 is 17.7 Å². The summed E-state index contributed by atoms with van der Waals surface area (Å²) in [5.74, 6) is 0. The van der Waals surface area contributed by atoms with Gasteiger partial charge in [0.25, 0.3) is 0 Å². The summed E-state index contributed by atoms with van der Waals surface area (Å²) in [5, 5.41) is 20.8. The summed E-state index contributed by atoms with van der Waals surface area (Å²) in [4.78, 5) is 0. The van der Waals surface area contributed by atoms with Gasteiger partial charge in [-0.25, -0.2) is 0 Å². The van der Waals surface area contributed by atoms with Crippen molar-refractivity contribution in [3.8, 4) is 22.3 Å². The average Bonchev–Trinajstić information content (AvgIpc) is 1.50. The Balaban J connectivity index is 0.0000000905. The molecule has 0 radical (unpaired) electrons. The molecule has 666 valence electrons. The zero-order valence-electron chi connectivity index (χ0n) is 78.3. The lowest BCUT2D eigenvalue weighted by Gasteiger charge is -2.30. The molecular weight excluding hydrogens is 1750 g/mol. The number of rotatable bonds is 0. The van der Waals surface area contributed by atoms with Crippen LogP contribution >= 0.6 is 45.3 Å². The van der Waals surface area contributed by atoms with E-state index in [2.05, 4.69) is 402 Å². The van der Waals surface area contributed by atoms with E-state index in [1.165, 1.54) is 218 Å². The minimum atomic E-state index is -0.189. The van der Waals surface area contributed by atoms with Crippen molar-refractivity contribution in [2.24, 2.45) is 0 Å². The van der Waals surface area contributed by atoms with Crippen LogP contribution in [0, 0.1) is 62.3 Å². The van der Waals surface area contributed by atoms with Crippen LogP contribution in [0.3, 0.4) is 0 Å². The summed E-state index contributed by atoms with van der Waals surface area (Å²) in [6, 6.07) is 152. The van der Waals surface area contributed by atoms with Crippen LogP contribution in [0.4, 0.5) is 0 Å². The third kappa shape index (κ3) is 16.4. The average molecular weight is 1850 g/mol. The second-order valence-corrected chi connectivity index (χ2v) is 40.3. The van der Waals surface area contributed by atoms with Crippen LogP contribution in [-0.4, -0.2) is 0 Å². The smallest absolute Gasteiger partial charge is 0.138 e.